The molecule has 0 saturated carbocycles. The molecule has 1 aromatic rings. The molecule has 1 aromatic heterocycles. The highest BCUT2D eigenvalue weighted by Gasteiger charge is 2.23. The van der Waals surface area contributed by atoms with Crippen molar-refractivity contribution in [3.05, 3.63) is 24.3 Å². The normalized spacial score (nSPS) is 21.6. The summed E-state index contributed by atoms with van der Waals surface area (Å²) >= 11 is 6.60. The second kappa shape index (κ2) is 4.43. The Bertz CT molecular complexity index is 317. The fourth-order valence-corrected chi connectivity index (χ4v) is 3.52. The molecule has 0 radical (unpaired) electrons. The third-order valence-corrected chi connectivity index (χ3v) is 4.63. The van der Waals surface area contributed by atoms with E-state index in [0.717, 1.165) is 16.2 Å². The number of thioether (sulfide) groups is 1. The predicted molar refractivity (Wildman–Crippen MR) is 61.2 cm³/mol. The van der Waals surface area contributed by atoms with Gasteiger partial charge in [-0.15, -0.1) is 0 Å². The van der Waals surface area contributed by atoms with Gasteiger partial charge in [-0.25, -0.2) is 14.4 Å². The molecule has 0 amide bonds. The van der Waals surface area contributed by atoms with Crippen LogP contribution in [0.1, 0.15) is 10.4 Å². The highest BCUT2D eigenvalue weighted by molar-refractivity contribution is 9.09. The van der Waals surface area contributed by atoms with Crippen molar-refractivity contribution < 1.29 is 0 Å². The van der Waals surface area contributed by atoms with Gasteiger partial charge in [0.2, 0.25) is 0 Å². The number of rotatable bonds is 2. The summed E-state index contributed by atoms with van der Waals surface area (Å²) < 4.78 is 4.51. The van der Waals surface area contributed by atoms with Crippen LogP contribution in [0.5, 0.6) is 0 Å². The molecule has 1 aliphatic heterocycles. The fraction of sp³-hybridized carbons (Fsp3) is 0.286. The van der Waals surface area contributed by atoms with Gasteiger partial charge in [0.1, 0.15) is 4.58 Å². The van der Waals surface area contributed by atoms with Crippen molar-refractivity contribution in [1.29, 1.82) is 0 Å². The Morgan fingerprint density at radius 1 is 1.38 bits per heavy atom. The lowest BCUT2D eigenvalue weighted by Gasteiger charge is -2.02. The van der Waals surface area contributed by atoms with Crippen LogP contribution in [-0.2, 0) is 0 Å². The van der Waals surface area contributed by atoms with Crippen LogP contribution in [-0.4, -0.2) is 20.3 Å². The number of nitrogens with zero attached hydrogens (tertiary/aromatic N) is 3. The van der Waals surface area contributed by atoms with Crippen molar-refractivity contribution in [2.45, 2.75) is 4.58 Å². The van der Waals surface area contributed by atoms with E-state index in [4.69, 9.17) is 0 Å². The van der Waals surface area contributed by atoms with Crippen molar-refractivity contribution in [3.63, 3.8) is 0 Å². The Morgan fingerprint density at radius 3 is 2.77 bits per heavy atom. The molecule has 0 fully saturated rings. The van der Waals surface area contributed by atoms with Gasteiger partial charge in [0.25, 0.3) is 0 Å². The van der Waals surface area contributed by atoms with E-state index in [0.29, 0.717) is 0 Å². The van der Waals surface area contributed by atoms with Gasteiger partial charge < -0.3 is 0 Å². The average Bonchev–Trinajstić information content (AvgIpc) is 2.67. The third kappa shape index (κ3) is 2.24. The first kappa shape index (κ1) is 9.48. The lowest BCUT2D eigenvalue weighted by atomic mass is 10.6. The van der Waals surface area contributed by atoms with E-state index in [1.165, 1.54) is 11.9 Å². The van der Waals surface area contributed by atoms with Crippen LogP contribution < -0.4 is 0 Å². The molecule has 0 saturated heterocycles. The molecule has 0 bridgehead atoms. The van der Waals surface area contributed by atoms with Crippen LogP contribution in [0.4, 0.5) is 0 Å². The summed E-state index contributed by atoms with van der Waals surface area (Å²) in [6.07, 6.45) is 3.52. The van der Waals surface area contributed by atoms with Crippen LogP contribution in [0.2, 0.25) is 0 Å². The second-order valence-corrected chi connectivity index (χ2v) is 5.18. The first-order valence-electron chi connectivity index (χ1n) is 3.62. The van der Waals surface area contributed by atoms with E-state index in [2.05, 4.69) is 30.3 Å². The van der Waals surface area contributed by atoms with Gasteiger partial charge in [0.15, 0.2) is 5.82 Å². The van der Waals surface area contributed by atoms with Gasteiger partial charge in [-0.2, -0.15) is 0 Å². The summed E-state index contributed by atoms with van der Waals surface area (Å²) in [5.74, 6) is 0.845. The van der Waals surface area contributed by atoms with Crippen LogP contribution in [0.25, 0.3) is 0 Å². The molecular formula is C7H6BrN3S2. The Balaban J connectivity index is 2.07. The van der Waals surface area contributed by atoms with Crippen LogP contribution in [0.15, 0.2) is 22.9 Å². The maximum Gasteiger partial charge on any atom is 0.153 e. The van der Waals surface area contributed by atoms with E-state index in [1.807, 2.05) is 6.07 Å². The lowest BCUT2D eigenvalue weighted by Crippen LogP contribution is -1.95. The topological polar surface area (TPSA) is 38.1 Å². The van der Waals surface area contributed by atoms with Gasteiger partial charge in [0.05, 0.1) is 10.4 Å². The van der Waals surface area contributed by atoms with E-state index in [1.54, 1.807) is 24.2 Å². The molecule has 2 heterocycles. The largest absolute Gasteiger partial charge is 0.239 e. The van der Waals surface area contributed by atoms with E-state index >= 15 is 0 Å². The SMILES string of the molecule is BrCC1=NSC(c2ncccn2)S1. The molecule has 13 heavy (non-hydrogen) atoms. The Morgan fingerprint density at radius 2 is 2.15 bits per heavy atom. The highest BCUT2D eigenvalue weighted by Crippen LogP contribution is 2.45. The Hall–Kier alpha value is -0.0700. The van der Waals surface area contributed by atoms with Crippen molar-refractivity contribution in [1.82, 2.24) is 9.97 Å². The van der Waals surface area contributed by atoms with Gasteiger partial charge >= 0.3 is 0 Å². The molecule has 1 unspecified atom stereocenters. The van der Waals surface area contributed by atoms with Crippen LogP contribution in [0.3, 0.4) is 0 Å². The first-order chi connectivity index (χ1) is 6.40. The van der Waals surface area contributed by atoms with Gasteiger partial charge in [0, 0.05) is 12.4 Å². The van der Waals surface area contributed by atoms with Crippen molar-refractivity contribution in [2.75, 3.05) is 5.33 Å². The van der Waals surface area contributed by atoms with Gasteiger partial charge in [-0.05, 0) is 18.0 Å². The number of aromatic nitrogens is 2. The maximum atomic E-state index is 4.28. The minimum atomic E-state index is 0.230. The summed E-state index contributed by atoms with van der Waals surface area (Å²) in [7, 11) is 0. The Labute approximate surface area is 93.1 Å². The number of alkyl halides is 1. The van der Waals surface area contributed by atoms with E-state index in [-0.39, 0.29) is 4.58 Å². The summed E-state index contributed by atoms with van der Waals surface area (Å²) in [4.78, 5) is 8.38. The highest BCUT2D eigenvalue weighted by atomic mass is 79.9. The zero-order valence-electron chi connectivity index (χ0n) is 6.55. The molecule has 0 spiro atoms. The van der Waals surface area contributed by atoms with Crippen LogP contribution >= 0.6 is 39.6 Å². The molecule has 6 heteroatoms. The second-order valence-electron chi connectivity index (χ2n) is 2.28. The molecule has 1 aliphatic rings. The zero-order valence-corrected chi connectivity index (χ0v) is 9.77. The summed E-state index contributed by atoms with van der Waals surface area (Å²) in [5, 5.41) is 1.91. The zero-order chi connectivity index (χ0) is 9.10. The Kier molecular flexibility index (Phi) is 3.23. The molecule has 1 atom stereocenters. The third-order valence-electron chi connectivity index (χ3n) is 1.40. The minimum Gasteiger partial charge on any atom is -0.239 e. The standard InChI is InChI=1S/C7H6BrN3S2/c8-4-5-11-13-7(12-5)6-9-2-1-3-10-6/h1-3,7H,4H2. The molecule has 0 aliphatic carbocycles. The average molecular weight is 276 g/mol. The van der Waals surface area contributed by atoms with E-state index in [9.17, 15) is 0 Å². The molecular weight excluding hydrogens is 270 g/mol. The summed E-state index contributed by atoms with van der Waals surface area (Å²) in [5.41, 5.74) is 0. The fourth-order valence-electron chi connectivity index (χ4n) is 0.861. The van der Waals surface area contributed by atoms with Gasteiger partial charge in [-0.3, -0.25) is 0 Å². The van der Waals surface area contributed by atoms with E-state index < -0.39 is 0 Å². The molecule has 0 N–H and O–H groups in total. The number of halogens is 1. The first-order valence-corrected chi connectivity index (χ1v) is 6.46. The summed E-state index contributed by atoms with van der Waals surface area (Å²) in [6, 6.07) is 1.82. The molecule has 68 valence electrons. The minimum absolute atomic E-state index is 0.230. The number of hydrogen-bond acceptors (Lipinski definition) is 5. The van der Waals surface area contributed by atoms with Crippen molar-refractivity contribution >= 4 is 44.7 Å². The summed E-state index contributed by atoms with van der Waals surface area (Å²) in [6.45, 7) is 0. The van der Waals surface area contributed by atoms with Gasteiger partial charge in [-0.1, -0.05) is 27.7 Å². The predicted octanol–water partition coefficient (Wildman–Crippen LogP) is 2.66. The monoisotopic (exact) mass is 275 g/mol. The quantitative estimate of drug-likeness (QED) is 0.615. The molecule has 0 aromatic carbocycles. The smallest absolute Gasteiger partial charge is 0.153 e. The number of hydrogen-bond donors (Lipinski definition) is 0. The molecule has 2 rings (SSSR count). The van der Waals surface area contributed by atoms with Crippen molar-refractivity contribution in [2.24, 2.45) is 4.40 Å². The van der Waals surface area contributed by atoms with Crippen molar-refractivity contribution in [3.8, 4) is 0 Å². The molecule has 3 nitrogen and oxygen atoms in total. The maximum absolute atomic E-state index is 4.28. The lowest BCUT2D eigenvalue weighted by molar-refractivity contribution is 1.03. The van der Waals surface area contributed by atoms with Crippen LogP contribution in [0, 0.1) is 0 Å².